The predicted molar refractivity (Wildman–Crippen MR) is 69.4 cm³/mol. The van der Waals surface area contributed by atoms with Crippen molar-refractivity contribution in [1.29, 1.82) is 0 Å². The average Bonchev–Trinajstić information content (AvgIpc) is 2.77. The fraction of sp³-hybridized carbons (Fsp3) is 0.167. The topological polar surface area (TPSA) is 26.0 Å². The van der Waals surface area contributed by atoms with Gasteiger partial charge in [-0.3, -0.25) is 0 Å². The highest BCUT2D eigenvalue weighted by molar-refractivity contribution is 7.98. The van der Waals surface area contributed by atoms with Crippen LogP contribution in [0.3, 0.4) is 0 Å². The van der Waals surface area contributed by atoms with Gasteiger partial charge in [-0.15, -0.1) is 11.8 Å². The largest absolute Gasteiger partial charge is 0.326 e. The molecule has 0 unspecified atom stereocenters. The lowest BCUT2D eigenvalue weighted by Gasteiger charge is -2.03. The number of thiophene rings is 1. The van der Waals surface area contributed by atoms with Crippen molar-refractivity contribution in [1.82, 2.24) is 0 Å². The minimum absolute atomic E-state index is 0.614. The highest BCUT2D eigenvalue weighted by atomic mass is 32.2. The third kappa shape index (κ3) is 2.25. The fourth-order valence-electron chi connectivity index (χ4n) is 1.51. The number of nitrogens with two attached hydrogens (primary N) is 1. The van der Waals surface area contributed by atoms with Gasteiger partial charge in [-0.05, 0) is 45.8 Å². The smallest absolute Gasteiger partial charge is 0.0192 e. The quantitative estimate of drug-likeness (QED) is 0.823. The molecule has 0 aliphatic heterocycles. The molecule has 0 aliphatic rings. The van der Waals surface area contributed by atoms with E-state index in [1.807, 2.05) is 0 Å². The molecule has 1 heterocycles. The highest BCUT2D eigenvalue weighted by Crippen LogP contribution is 2.28. The van der Waals surface area contributed by atoms with E-state index in [1.54, 1.807) is 23.1 Å². The molecule has 1 aromatic carbocycles. The van der Waals surface area contributed by atoms with E-state index >= 15 is 0 Å². The lowest BCUT2D eigenvalue weighted by Crippen LogP contribution is -1.95. The van der Waals surface area contributed by atoms with Crippen molar-refractivity contribution in [3.05, 3.63) is 40.6 Å². The number of benzene rings is 1. The van der Waals surface area contributed by atoms with Crippen LogP contribution in [0, 0.1) is 0 Å². The minimum atomic E-state index is 0.614. The second-order valence-electron chi connectivity index (χ2n) is 3.24. The van der Waals surface area contributed by atoms with Crippen LogP contribution in [0.5, 0.6) is 0 Å². The predicted octanol–water partition coefficient (Wildman–Crippen LogP) is 3.60. The summed E-state index contributed by atoms with van der Waals surface area (Å²) in [6.45, 7) is 0.614. The Kier molecular flexibility index (Phi) is 3.46. The first-order chi connectivity index (χ1) is 7.35. The van der Waals surface area contributed by atoms with Crippen molar-refractivity contribution in [2.45, 2.75) is 11.4 Å². The molecule has 3 heteroatoms. The van der Waals surface area contributed by atoms with Gasteiger partial charge in [0.25, 0.3) is 0 Å². The zero-order chi connectivity index (χ0) is 10.7. The van der Waals surface area contributed by atoms with Gasteiger partial charge in [0.2, 0.25) is 0 Å². The molecule has 0 bridgehead atoms. The van der Waals surface area contributed by atoms with Crippen LogP contribution < -0.4 is 5.73 Å². The Balaban J connectivity index is 2.37. The van der Waals surface area contributed by atoms with Crippen molar-refractivity contribution in [2.75, 3.05) is 6.26 Å². The third-order valence-corrected chi connectivity index (χ3v) is 3.90. The molecule has 2 aromatic rings. The van der Waals surface area contributed by atoms with Gasteiger partial charge >= 0.3 is 0 Å². The van der Waals surface area contributed by atoms with Crippen molar-refractivity contribution in [2.24, 2.45) is 5.73 Å². The van der Waals surface area contributed by atoms with Crippen LogP contribution >= 0.6 is 23.1 Å². The summed E-state index contributed by atoms with van der Waals surface area (Å²) in [5, 5.41) is 4.29. The van der Waals surface area contributed by atoms with Gasteiger partial charge in [-0.25, -0.2) is 0 Å². The first kappa shape index (κ1) is 10.7. The van der Waals surface area contributed by atoms with E-state index < -0.39 is 0 Å². The molecule has 0 radical (unpaired) electrons. The second-order valence-corrected chi connectivity index (χ2v) is 4.87. The van der Waals surface area contributed by atoms with Gasteiger partial charge < -0.3 is 5.73 Å². The molecule has 0 spiro atoms. The molecule has 0 atom stereocenters. The average molecular weight is 235 g/mol. The molecule has 1 nitrogen and oxygen atoms in total. The van der Waals surface area contributed by atoms with Crippen LogP contribution in [0.25, 0.3) is 11.1 Å². The molecule has 0 saturated carbocycles. The first-order valence-corrected chi connectivity index (χ1v) is 6.91. The Bertz CT molecular complexity index is 431. The van der Waals surface area contributed by atoms with E-state index in [2.05, 4.69) is 41.3 Å². The van der Waals surface area contributed by atoms with Crippen LogP contribution in [0.15, 0.2) is 39.9 Å². The summed E-state index contributed by atoms with van der Waals surface area (Å²) in [5.74, 6) is 0. The monoisotopic (exact) mass is 235 g/mol. The summed E-state index contributed by atoms with van der Waals surface area (Å²) in [7, 11) is 0. The van der Waals surface area contributed by atoms with Crippen molar-refractivity contribution in [3.63, 3.8) is 0 Å². The molecule has 2 N–H and O–H groups in total. The normalized spacial score (nSPS) is 10.5. The molecule has 0 saturated heterocycles. The minimum Gasteiger partial charge on any atom is -0.326 e. The maximum absolute atomic E-state index is 5.69. The molecule has 0 aliphatic carbocycles. The summed E-state index contributed by atoms with van der Waals surface area (Å²) in [6, 6.07) is 8.62. The van der Waals surface area contributed by atoms with Crippen molar-refractivity contribution < 1.29 is 0 Å². The van der Waals surface area contributed by atoms with Gasteiger partial charge in [0, 0.05) is 11.4 Å². The second kappa shape index (κ2) is 4.84. The van der Waals surface area contributed by atoms with E-state index in [-0.39, 0.29) is 0 Å². The van der Waals surface area contributed by atoms with Crippen molar-refractivity contribution >= 4 is 23.1 Å². The maximum Gasteiger partial charge on any atom is 0.0192 e. The van der Waals surface area contributed by atoms with Gasteiger partial charge in [0.05, 0.1) is 0 Å². The molecular formula is C12H13NS2. The number of thioether (sulfide) groups is 1. The Labute approximate surface area is 98.3 Å². The van der Waals surface area contributed by atoms with E-state index in [9.17, 15) is 0 Å². The lowest BCUT2D eigenvalue weighted by molar-refractivity contribution is 1.08. The van der Waals surface area contributed by atoms with E-state index in [1.165, 1.54) is 21.6 Å². The van der Waals surface area contributed by atoms with E-state index in [4.69, 9.17) is 5.73 Å². The molecule has 15 heavy (non-hydrogen) atoms. The number of rotatable bonds is 3. The van der Waals surface area contributed by atoms with Crippen LogP contribution in [-0.4, -0.2) is 6.26 Å². The van der Waals surface area contributed by atoms with Gasteiger partial charge in [0.15, 0.2) is 0 Å². The summed E-state index contributed by atoms with van der Waals surface area (Å²) in [4.78, 5) is 1.29. The molecule has 0 fully saturated rings. The molecular weight excluding hydrogens is 222 g/mol. The molecule has 78 valence electrons. The summed E-state index contributed by atoms with van der Waals surface area (Å²) >= 11 is 3.47. The summed E-state index contributed by atoms with van der Waals surface area (Å²) in [5.41, 5.74) is 9.46. The molecule has 2 rings (SSSR count). The van der Waals surface area contributed by atoms with Gasteiger partial charge in [-0.2, -0.15) is 11.3 Å². The molecule has 1 aromatic heterocycles. The molecule has 0 amide bonds. The van der Waals surface area contributed by atoms with E-state index in [0.717, 1.165) is 0 Å². The lowest BCUT2D eigenvalue weighted by atomic mass is 10.1. The Morgan fingerprint density at radius 2 is 1.93 bits per heavy atom. The standard InChI is InChI=1S/C12H13NS2/c1-14-11-4-2-9(3-5-11)12-8-15-7-10(12)6-13/h2-5,7-8H,6,13H2,1H3. The Hall–Kier alpha value is -0.770. The van der Waals surface area contributed by atoms with Crippen molar-refractivity contribution in [3.8, 4) is 11.1 Å². The third-order valence-electron chi connectivity index (χ3n) is 2.36. The van der Waals surface area contributed by atoms with Gasteiger partial charge in [0.1, 0.15) is 0 Å². The van der Waals surface area contributed by atoms with E-state index in [0.29, 0.717) is 6.54 Å². The van der Waals surface area contributed by atoms with Crippen LogP contribution in [0.4, 0.5) is 0 Å². The summed E-state index contributed by atoms with van der Waals surface area (Å²) < 4.78 is 0. The Morgan fingerprint density at radius 3 is 2.53 bits per heavy atom. The summed E-state index contributed by atoms with van der Waals surface area (Å²) in [6.07, 6.45) is 2.09. The fourth-order valence-corrected chi connectivity index (χ4v) is 2.79. The van der Waals surface area contributed by atoms with Crippen LogP contribution in [0.2, 0.25) is 0 Å². The Morgan fingerprint density at radius 1 is 1.20 bits per heavy atom. The zero-order valence-corrected chi connectivity index (χ0v) is 10.2. The number of hydrogen-bond donors (Lipinski definition) is 1. The maximum atomic E-state index is 5.69. The SMILES string of the molecule is CSc1ccc(-c2cscc2CN)cc1. The zero-order valence-electron chi connectivity index (χ0n) is 8.57. The number of hydrogen-bond acceptors (Lipinski definition) is 3. The van der Waals surface area contributed by atoms with Crippen LogP contribution in [-0.2, 0) is 6.54 Å². The highest BCUT2D eigenvalue weighted by Gasteiger charge is 2.04. The first-order valence-electron chi connectivity index (χ1n) is 4.74. The van der Waals surface area contributed by atoms with Gasteiger partial charge in [-0.1, -0.05) is 12.1 Å². The van der Waals surface area contributed by atoms with Crippen LogP contribution in [0.1, 0.15) is 5.56 Å².